The Balaban J connectivity index is 2.62. The Morgan fingerprint density at radius 1 is 1.50 bits per heavy atom. The lowest BCUT2D eigenvalue weighted by molar-refractivity contribution is 0.0977. The molecule has 84 valence electrons. The van der Waals surface area contributed by atoms with Crippen LogP contribution in [-0.2, 0) is 0 Å². The molecule has 1 rings (SSSR count). The van der Waals surface area contributed by atoms with Crippen molar-refractivity contribution in [3.63, 3.8) is 0 Å². The number of thiocarbonyl (C=S) groups is 1. The van der Waals surface area contributed by atoms with Gasteiger partial charge in [0.2, 0.25) is 0 Å². The van der Waals surface area contributed by atoms with Gasteiger partial charge < -0.3 is 5.32 Å². The number of halogens is 1. The number of rotatable bonds is 3. The van der Waals surface area contributed by atoms with E-state index >= 15 is 0 Å². The molecule has 1 aromatic carbocycles. The van der Waals surface area contributed by atoms with Gasteiger partial charge in [-0.25, -0.2) is 0 Å². The lowest BCUT2D eigenvalue weighted by Crippen LogP contribution is -2.39. The molecule has 2 N–H and O–H groups in total. The molecule has 0 saturated carbocycles. The summed E-state index contributed by atoms with van der Waals surface area (Å²) in [7, 11) is 0. The zero-order chi connectivity index (χ0) is 12.0. The molecule has 16 heavy (non-hydrogen) atoms. The maximum atomic E-state index is 11.7. The van der Waals surface area contributed by atoms with Gasteiger partial charge in [-0.15, -0.1) is 6.58 Å². The summed E-state index contributed by atoms with van der Waals surface area (Å²) in [6.07, 6.45) is 1.65. The van der Waals surface area contributed by atoms with Gasteiger partial charge in [0.05, 0.1) is 10.6 Å². The summed E-state index contributed by atoms with van der Waals surface area (Å²) in [5.41, 5.74) is 0.395. The fourth-order valence-electron chi connectivity index (χ4n) is 1.02. The van der Waals surface area contributed by atoms with Crippen molar-refractivity contribution in [1.82, 2.24) is 10.6 Å². The van der Waals surface area contributed by atoms with Crippen LogP contribution in [0.25, 0.3) is 0 Å². The normalized spacial score (nSPS) is 9.31. The van der Waals surface area contributed by atoms with Crippen LogP contribution in [0.2, 0.25) is 5.02 Å². The van der Waals surface area contributed by atoms with Crippen molar-refractivity contribution in [2.45, 2.75) is 0 Å². The van der Waals surface area contributed by atoms with Crippen LogP contribution in [-0.4, -0.2) is 17.6 Å². The average Bonchev–Trinajstić information content (AvgIpc) is 2.26. The van der Waals surface area contributed by atoms with E-state index in [9.17, 15) is 4.79 Å². The van der Waals surface area contributed by atoms with Gasteiger partial charge in [-0.2, -0.15) is 0 Å². The number of benzene rings is 1. The minimum Gasteiger partial charge on any atom is -0.359 e. The molecule has 0 aliphatic heterocycles. The van der Waals surface area contributed by atoms with E-state index < -0.39 is 0 Å². The fraction of sp³-hybridized carbons (Fsp3) is 0.0909. The molecule has 0 heterocycles. The van der Waals surface area contributed by atoms with E-state index in [1.807, 2.05) is 0 Å². The number of nitrogens with one attached hydrogen (secondary N) is 2. The van der Waals surface area contributed by atoms with E-state index in [4.69, 9.17) is 23.8 Å². The molecule has 1 amide bonds. The van der Waals surface area contributed by atoms with E-state index in [2.05, 4.69) is 17.2 Å². The van der Waals surface area contributed by atoms with E-state index in [1.54, 1.807) is 30.3 Å². The van der Waals surface area contributed by atoms with E-state index in [-0.39, 0.29) is 11.0 Å². The Hall–Kier alpha value is -1.39. The zero-order valence-electron chi connectivity index (χ0n) is 8.50. The molecule has 0 fully saturated rings. The van der Waals surface area contributed by atoms with Crippen LogP contribution in [0.15, 0.2) is 36.9 Å². The SMILES string of the molecule is C=CCNC(=S)NC(=O)c1ccccc1Cl. The van der Waals surface area contributed by atoms with Gasteiger partial charge in [0, 0.05) is 6.54 Å². The molecule has 5 heteroatoms. The minimum absolute atomic E-state index is 0.254. The predicted molar refractivity (Wildman–Crippen MR) is 69.7 cm³/mol. The number of amides is 1. The first kappa shape index (κ1) is 12.7. The van der Waals surface area contributed by atoms with Crippen molar-refractivity contribution in [2.75, 3.05) is 6.54 Å². The zero-order valence-corrected chi connectivity index (χ0v) is 10.1. The van der Waals surface area contributed by atoms with E-state index in [0.717, 1.165) is 0 Å². The van der Waals surface area contributed by atoms with Gasteiger partial charge in [0.25, 0.3) is 5.91 Å². The molecule has 1 aromatic rings. The number of hydrogen-bond donors (Lipinski definition) is 2. The average molecular weight is 255 g/mol. The first-order valence-electron chi connectivity index (χ1n) is 4.59. The van der Waals surface area contributed by atoms with Crippen LogP contribution in [0.1, 0.15) is 10.4 Å². The largest absolute Gasteiger partial charge is 0.359 e. The Kier molecular flexibility index (Phi) is 4.95. The lowest BCUT2D eigenvalue weighted by atomic mass is 10.2. The third-order valence-electron chi connectivity index (χ3n) is 1.75. The van der Waals surface area contributed by atoms with Crippen LogP contribution >= 0.6 is 23.8 Å². The summed E-state index contributed by atoms with van der Waals surface area (Å²) in [6, 6.07) is 6.78. The second-order valence-corrected chi connectivity index (χ2v) is 3.75. The molecular weight excluding hydrogens is 244 g/mol. The van der Waals surface area contributed by atoms with E-state index in [0.29, 0.717) is 17.1 Å². The van der Waals surface area contributed by atoms with Crippen molar-refractivity contribution >= 4 is 34.8 Å². The summed E-state index contributed by atoms with van der Waals surface area (Å²) in [5, 5.41) is 5.96. The molecule has 0 aliphatic rings. The standard InChI is InChI=1S/C11H11ClN2OS/c1-2-7-13-11(16)14-10(15)8-5-3-4-6-9(8)12/h2-6H,1,7H2,(H2,13,14,15,16). The quantitative estimate of drug-likeness (QED) is 0.641. The van der Waals surface area contributed by atoms with Gasteiger partial charge in [0.1, 0.15) is 0 Å². The summed E-state index contributed by atoms with van der Waals surface area (Å²) in [5.74, 6) is -0.327. The first-order chi connectivity index (χ1) is 7.65. The third kappa shape index (κ3) is 3.64. The highest BCUT2D eigenvalue weighted by Crippen LogP contribution is 2.14. The van der Waals surface area contributed by atoms with Crippen LogP contribution < -0.4 is 10.6 Å². The molecule has 0 radical (unpaired) electrons. The van der Waals surface area contributed by atoms with Crippen molar-refractivity contribution in [3.05, 3.63) is 47.5 Å². The molecule has 0 saturated heterocycles. The Morgan fingerprint density at radius 3 is 2.81 bits per heavy atom. The highest BCUT2D eigenvalue weighted by Gasteiger charge is 2.10. The van der Waals surface area contributed by atoms with Crippen molar-refractivity contribution in [3.8, 4) is 0 Å². The minimum atomic E-state index is -0.327. The molecule has 0 bridgehead atoms. The van der Waals surface area contributed by atoms with Gasteiger partial charge in [-0.3, -0.25) is 10.1 Å². The van der Waals surface area contributed by atoms with Gasteiger partial charge in [-0.05, 0) is 24.4 Å². The molecule has 0 spiro atoms. The van der Waals surface area contributed by atoms with Gasteiger partial charge in [-0.1, -0.05) is 29.8 Å². The van der Waals surface area contributed by atoms with Crippen molar-refractivity contribution < 1.29 is 4.79 Å². The summed E-state index contributed by atoms with van der Waals surface area (Å²) >= 11 is 10.8. The molecule has 3 nitrogen and oxygen atoms in total. The van der Waals surface area contributed by atoms with Crippen LogP contribution in [0.5, 0.6) is 0 Å². The molecule has 0 unspecified atom stereocenters. The summed E-state index contributed by atoms with van der Waals surface area (Å²) < 4.78 is 0. The molecular formula is C11H11ClN2OS. The van der Waals surface area contributed by atoms with Crippen molar-refractivity contribution in [2.24, 2.45) is 0 Å². The topological polar surface area (TPSA) is 41.1 Å². The second kappa shape index (κ2) is 6.25. The highest BCUT2D eigenvalue weighted by atomic mass is 35.5. The Morgan fingerprint density at radius 2 is 2.19 bits per heavy atom. The predicted octanol–water partition coefficient (Wildman–Crippen LogP) is 2.13. The summed E-state index contributed by atoms with van der Waals surface area (Å²) in [6.45, 7) is 4.03. The smallest absolute Gasteiger partial charge is 0.258 e. The molecule has 0 atom stereocenters. The highest BCUT2D eigenvalue weighted by molar-refractivity contribution is 7.80. The Bertz CT molecular complexity index is 420. The summed E-state index contributed by atoms with van der Waals surface area (Å²) in [4.78, 5) is 11.7. The second-order valence-electron chi connectivity index (χ2n) is 2.93. The molecule has 0 aliphatic carbocycles. The number of hydrogen-bond acceptors (Lipinski definition) is 2. The first-order valence-corrected chi connectivity index (χ1v) is 5.38. The van der Waals surface area contributed by atoms with Gasteiger partial charge in [0.15, 0.2) is 5.11 Å². The number of carbonyl (C=O) groups excluding carboxylic acids is 1. The Labute approximate surface area is 104 Å². The maximum absolute atomic E-state index is 11.7. The van der Waals surface area contributed by atoms with Crippen molar-refractivity contribution in [1.29, 1.82) is 0 Å². The number of carbonyl (C=O) groups is 1. The third-order valence-corrected chi connectivity index (χ3v) is 2.33. The molecule has 0 aromatic heterocycles. The van der Waals surface area contributed by atoms with Crippen LogP contribution in [0, 0.1) is 0 Å². The lowest BCUT2D eigenvalue weighted by Gasteiger charge is -2.08. The van der Waals surface area contributed by atoms with Crippen LogP contribution in [0.4, 0.5) is 0 Å². The fourth-order valence-corrected chi connectivity index (χ4v) is 1.42. The van der Waals surface area contributed by atoms with Crippen LogP contribution in [0.3, 0.4) is 0 Å². The monoisotopic (exact) mass is 254 g/mol. The van der Waals surface area contributed by atoms with E-state index in [1.165, 1.54) is 0 Å². The van der Waals surface area contributed by atoms with Gasteiger partial charge >= 0.3 is 0 Å². The maximum Gasteiger partial charge on any atom is 0.258 e.